The maximum absolute atomic E-state index is 4.60. The van der Waals surface area contributed by atoms with E-state index in [-0.39, 0.29) is 0 Å². The van der Waals surface area contributed by atoms with Crippen molar-refractivity contribution < 1.29 is 4.98 Å². The van der Waals surface area contributed by atoms with E-state index in [0.29, 0.717) is 0 Å². The Morgan fingerprint density at radius 2 is 1.83 bits per heavy atom. The van der Waals surface area contributed by atoms with Crippen LogP contribution in [0.15, 0.2) is 30.7 Å². The summed E-state index contributed by atoms with van der Waals surface area (Å²) in [7, 11) is 0. The molecule has 0 unspecified atom stereocenters. The van der Waals surface area contributed by atoms with Gasteiger partial charge in [-0.15, -0.1) is 11.3 Å². The van der Waals surface area contributed by atoms with E-state index in [2.05, 4.69) is 50.7 Å². The Hall–Kier alpha value is -2.21. The maximum Gasteiger partial charge on any atom is 0.274 e. The molecule has 3 aromatic heterocycles. The average Bonchev–Trinajstić information content (AvgIpc) is 2.90. The van der Waals surface area contributed by atoms with Gasteiger partial charge >= 0.3 is 0 Å². The largest absolute Gasteiger partial charge is 0.348 e. The standard InChI is InChI=1S/C17H19N5S/c1-12-13(2)23-17-15(12)16(19-11-20-17)22-9-7-21(8-10-22)14-5-3-4-6-18-14/h3-6,11H,7-10H2,1-2H3/p+1. The lowest BCUT2D eigenvalue weighted by Gasteiger charge is -2.32. The number of hydrogen-bond donors (Lipinski definition) is 0. The van der Waals surface area contributed by atoms with Gasteiger partial charge < -0.3 is 4.90 Å². The van der Waals surface area contributed by atoms with Crippen LogP contribution in [-0.4, -0.2) is 36.1 Å². The molecule has 0 saturated carbocycles. The zero-order chi connectivity index (χ0) is 15.8. The number of aromatic amines is 1. The van der Waals surface area contributed by atoms with Crippen LogP contribution in [0.4, 0.5) is 11.6 Å². The van der Waals surface area contributed by atoms with Crippen molar-refractivity contribution in [1.82, 2.24) is 9.97 Å². The minimum atomic E-state index is 0.975. The fraction of sp³-hybridized carbons (Fsp3) is 0.353. The minimum absolute atomic E-state index is 0.975. The molecule has 0 aromatic carbocycles. The molecule has 118 valence electrons. The highest BCUT2D eigenvalue weighted by molar-refractivity contribution is 7.18. The van der Waals surface area contributed by atoms with E-state index in [4.69, 9.17) is 0 Å². The van der Waals surface area contributed by atoms with Crippen LogP contribution >= 0.6 is 11.3 Å². The SMILES string of the molecule is Cc1sc2ncnc(N3CCN(c4cccc[nH+]4)CC3)c2c1C. The molecule has 6 heteroatoms. The van der Waals surface area contributed by atoms with Crippen molar-refractivity contribution >= 4 is 33.2 Å². The van der Waals surface area contributed by atoms with Gasteiger partial charge in [-0.2, -0.15) is 0 Å². The highest BCUT2D eigenvalue weighted by Gasteiger charge is 2.26. The average molecular weight is 326 g/mol. The van der Waals surface area contributed by atoms with Gasteiger partial charge in [-0.1, -0.05) is 6.07 Å². The summed E-state index contributed by atoms with van der Waals surface area (Å²) in [5.41, 5.74) is 1.32. The Balaban J connectivity index is 1.59. The van der Waals surface area contributed by atoms with Crippen molar-refractivity contribution in [2.45, 2.75) is 13.8 Å². The first kappa shape index (κ1) is 14.4. The molecule has 0 atom stereocenters. The van der Waals surface area contributed by atoms with Gasteiger partial charge in [-0.05, 0) is 25.5 Å². The van der Waals surface area contributed by atoms with Crippen molar-refractivity contribution in [3.8, 4) is 0 Å². The number of rotatable bonds is 2. The first-order valence-corrected chi connectivity index (χ1v) is 8.73. The lowest BCUT2D eigenvalue weighted by atomic mass is 10.2. The molecule has 1 aliphatic heterocycles. The van der Waals surface area contributed by atoms with E-state index in [0.717, 1.165) is 36.8 Å². The summed E-state index contributed by atoms with van der Waals surface area (Å²) < 4.78 is 0. The number of anilines is 2. The molecule has 1 aliphatic rings. The minimum Gasteiger partial charge on any atom is -0.348 e. The number of piperazine rings is 1. The van der Waals surface area contributed by atoms with Crippen LogP contribution in [0, 0.1) is 13.8 Å². The van der Waals surface area contributed by atoms with Gasteiger partial charge in [0, 0.05) is 10.9 Å². The van der Waals surface area contributed by atoms with Crippen molar-refractivity contribution in [2.24, 2.45) is 0 Å². The third kappa shape index (κ3) is 2.53. The molecule has 4 rings (SSSR count). The molecular formula is C17H20N5S+. The van der Waals surface area contributed by atoms with Crippen molar-refractivity contribution in [2.75, 3.05) is 36.0 Å². The van der Waals surface area contributed by atoms with Crippen molar-refractivity contribution in [1.29, 1.82) is 0 Å². The monoisotopic (exact) mass is 326 g/mol. The number of nitrogens with zero attached hydrogens (tertiary/aromatic N) is 4. The van der Waals surface area contributed by atoms with Crippen molar-refractivity contribution in [3.63, 3.8) is 0 Å². The van der Waals surface area contributed by atoms with Crippen LogP contribution in [0.5, 0.6) is 0 Å². The maximum atomic E-state index is 4.60. The third-order valence-corrected chi connectivity index (χ3v) is 5.67. The van der Waals surface area contributed by atoms with E-state index in [1.54, 1.807) is 17.7 Å². The number of nitrogens with one attached hydrogen (secondary N) is 1. The van der Waals surface area contributed by atoms with Gasteiger partial charge in [-0.25, -0.2) is 15.0 Å². The zero-order valence-electron chi connectivity index (χ0n) is 13.4. The molecule has 5 nitrogen and oxygen atoms in total. The molecule has 3 aromatic rings. The molecule has 4 heterocycles. The second kappa shape index (κ2) is 5.77. The number of pyridine rings is 1. The molecule has 1 saturated heterocycles. The van der Waals surface area contributed by atoms with Crippen LogP contribution in [0.3, 0.4) is 0 Å². The topological polar surface area (TPSA) is 46.4 Å². The summed E-state index contributed by atoms with van der Waals surface area (Å²) in [5.74, 6) is 2.27. The molecule has 0 aliphatic carbocycles. The van der Waals surface area contributed by atoms with Gasteiger partial charge in [-0.3, -0.25) is 4.90 Å². The fourth-order valence-electron chi connectivity index (χ4n) is 3.14. The molecule has 0 bridgehead atoms. The Morgan fingerprint density at radius 3 is 2.57 bits per heavy atom. The second-order valence-electron chi connectivity index (χ2n) is 5.88. The Bertz CT molecular complexity index is 822. The van der Waals surface area contributed by atoms with Crippen molar-refractivity contribution in [3.05, 3.63) is 41.2 Å². The van der Waals surface area contributed by atoms with Gasteiger partial charge in [0.2, 0.25) is 0 Å². The highest BCUT2D eigenvalue weighted by Crippen LogP contribution is 2.34. The number of aryl methyl sites for hydroxylation is 2. The molecule has 0 spiro atoms. The van der Waals surface area contributed by atoms with Crippen LogP contribution < -0.4 is 14.8 Å². The van der Waals surface area contributed by atoms with E-state index in [1.165, 1.54) is 21.6 Å². The molecule has 1 fully saturated rings. The number of thiophene rings is 1. The van der Waals surface area contributed by atoms with Crippen LogP contribution in [0.1, 0.15) is 10.4 Å². The zero-order valence-corrected chi connectivity index (χ0v) is 14.2. The molecule has 23 heavy (non-hydrogen) atoms. The Morgan fingerprint density at radius 1 is 1.04 bits per heavy atom. The lowest BCUT2D eigenvalue weighted by Crippen LogP contribution is -2.48. The fourth-order valence-corrected chi connectivity index (χ4v) is 4.13. The van der Waals surface area contributed by atoms with E-state index >= 15 is 0 Å². The van der Waals surface area contributed by atoms with Gasteiger partial charge in [0.1, 0.15) is 30.1 Å². The van der Waals surface area contributed by atoms with Gasteiger partial charge in [0.05, 0.1) is 24.7 Å². The summed E-state index contributed by atoms with van der Waals surface area (Å²) in [5, 5.41) is 1.23. The summed E-state index contributed by atoms with van der Waals surface area (Å²) in [6.45, 7) is 8.28. The predicted molar refractivity (Wildman–Crippen MR) is 94.3 cm³/mol. The molecular weight excluding hydrogens is 306 g/mol. The lowest BCUT2D eigenvalue weighted by molar-refractivity contribution is -0.364. The Kier molecular flexibility index (Phi) is 3.61. The summed E-state index contributed by atoms with van der Waals surface area (Å²) in [6, 6.07) is 6.22. The molecule has 1 N–H and O–H groups in total. The van der Waals surface area contributed by atoms with Gasteiger partial charge in [0.15, 0.2) is 0 Å². The normalized spacial score (nSPS) is 15.4. The summed E-state index contributed by atoms with van der Waals surface area (Å²) in [6.07, 6.45) is 3.68. The number of hydrogen-bond acceptors (Lipinski definition) is 5. The smallest absolute Gasteiger partial charge is 0.274 e. The summed E-state index contributed by atoms with van der Waals surface area (Å²) in [4.78, 5) is 19.6. The van der Waals surface area contributed by atoms with E-state index < -0.39 is 0 Å². The molecule has 0 radical (unpaired) electrons. The second-order valence-corrected chi connectivity index (χ2v) is 7.09. The quantitative estimate of drug-likeness (QED) is 0.726. The number of fused-ring (bicyclic) bond motifs is 1. The third-order valence-electron chi connectivity index (χ3n) is 4.56. The Labute approximate surface area is 139 Å². The number of aromatic nitrogens is 3. The van der Waals surface area contributed by atoms with Crippen LogP contribution in [0.25, 0.3) is 10.2 Å². The highest BCUT2D eigenvalue weighted by atomic mass is 32.1. The molecule has 0 amide bonds. The summed E-state index contributed by atoms with van der Waals surface area (Å²) >= 11 is 1.76. The van der Waals surface area contributed by atoms with Crippen LogP contribution in [-0.2, 0) is 0 Å². The van der Waals surface area contributed by atoms with E-state index in [9.17, 15) is 0 Å². The number of H-pyrrole nitrogens is 1. The predicted octanol–water partition coefficient (Wildman–Crippen LogP) is 2.45. The van der Waals surface area contributed by atoms with Gasteiger partial charge in [0.25, 0.3) is 5.82 Å². The van der Waals surface area contributed by atoms with Crippen LogP contribution in [0.2, 0.25) is 0 Å². The first-order valence-electron chi connectivity index (χ1n) is 7.91. The first-order chi connectivity index (χ1) is 11.2. The van der Waals surface area contributed by atoms with E-state index in [1.807, 2.05) is 12.3 Å².